The number of hydrogen-bond donors (Lipinski definition) is 2. The van der Waals surface area contributed by atoms with E-state index in [2.05, 4.69) is 5.32 Å². The third kappa shape index (κ3) is 1.39. The van der Waals surface area contributed by atoms with Gasteiger partial charge in [-0.2, -0.15) is 0 Å². The van der Waals surface area contributed by atoms with E-state index in [9.17, 15) is 4.79 Å². The summed E-state index contributed by atoms with van der Waals surface area (Å²) in [4.78, 5) is 12.5. The third-order valence-corrected chi connectivity index (χ3v) is 1.66. The number of carbonyl (C=O) groups is 1. The number of β-amino-alcohol motifs (C(OH)–C–C–N with tert-alkyl or cyclic N) is 1. The number of hydrogen-bond acceptors (Lipinski definition) is 2. The molecule has 0 aliphatic carbocycles. The summed E-state index contributed by atoms with van der Waals surface area (Å²) in [5, 5.41) is 11.5. The second-order valence-corrected chi connectivity index (χ2v) is 2.44. The first-order valence-electron chi connectivity index (χ1n) is 3.38. The van der Waals surface area contributed by atoms with Crippen LogP contribution in [0.25, 0.3) is 0 Å². The van der Waals surface area contributed by atoms with Crippen molar-refractivity contribution in [3.63, 3.8) is 0 Å². The second kappa shape index (κ2) is 2.88. The number of nitrogens with zero attached hydrogens (tertiary/aromatic N) is 1. The average Bonchev–Trinajstić information content (AvgIpc) is 2.34. The first-order valence-corrected chi connectivity index (χ1v) is 3.38. The first-order chi connectivity index (χ1) is 4.74. The van der Waals surface area contributed by atoms with Crippen LogP contribution >= 0.6 is 0 Å². The van der Waals surface area contributed by atoms with Gasteiger partial charge in [-0.05, 0) is 6.42 Å². The number of amides is 2. The van der Waals surface area contributed by atoms with Gasteiger partial charge in [-0.3, -0.25) is 0 Å². The lowest BCUT2D eigenvalue weighted by molar-refractivity contribution is 0.173. The Hall–Kier alpha value is -0.770. The number of urea groups is 1. The standard InChI is InChI=1S/C6H12N2O2/c1-7-6(10)8-3-2-5(9)4-8/h5,9H,2-4H2,1H3,(H,7,10)/t5-/m0/s1. The number of aliphatic hydroxyl groups excluding tert-OH is 1. The summed E-state index contributed by atoms with van der Waals surface area (Å²) in [5.41, 5.74) is 0. The van der Waals surface area contributed by atoms with Gasteiger partial charge >= 0.3 is 6.03 Å². The largest absolute Gasteiger partial charge is 0.391 e. The zero-order valence-electron chi connectivity index (χ0n) is 6.00. The summed E-state index contributed by atoms with van der Waals surface area (Å²) in [6.07, 6.45) is 0.380. The maximum Gasteiger partial charge on any atom is 0.317 e. The van der Waals surface area contributed by atoms with Gasteiger partial charge in [0.05, 0.1) is 6.10 Å². The second-order valence-electron chi connectivity index (χ2n) is 2.44. The van der Waals surface area contributed by atoms with E-state index in [4.69, 9.17) is 5.11 Å². The van der Waals surface area contributed by atoms with Crippen LogP contribution in [-0.2, 0) is 0 Å². The molecule has 2 N–H and O–H groups in total. The molecule has 58 valence electrons. The molecule has 0 radical (unpaired) electrons. The summed E-state index contributed by atoms with van der Waals surface area (Å²) >= 11 is 0. The zero-order chi connectivity index (χ0) is 7.56. The maximum atomic E-state index is 10.9. The first kappa shape index (κ1) is 7.34. The van der Waals surface area contributed by atoms with Gasteiger partial charge < -0.3 is 15.3 Å². The van der Waals surface area contributed by atoms with Gasteiger partial charge in [0.15, 0.2) is 0 Å². The van der Waals surface area contributed by atoms with Crippen LogP contribution in [0.5, 0.6) is 0 Å². The van der Waals surface area contributed by atoms with Crippen LogP contribution in [0.4, 0.5) is 4.79 Å². The summed E-state index contributed by atoms with van der Waals surface area (Å²) in [6.45, 7) is 1.14. The van der Waals surface area contributed by atoms with E-state index in [0.717, 1.165) is 0 Å². The molecule has 4 heteroatoms. The number of likely N-dealkylation sites (tertiary alicyclic amines) is 1. The smallest absolute Gasteiger partial charge is 0.317 e. The van der Waals surface area contributed by atoms with Crippen LogP contribution in [0.3, 0.4) is 0 Å². The SMILES string of the molecule is CNC(=O)N1CC[C@H](O)C1. The minimum atomic E-state index is -0.322. The molecule has 0 aromatic rings. The van der Waals surface area contributed by atoms with Gasteiger partial charge in [-0.1, -0.05) is 0 Å². The summed E-state index contributed by atoms with van der Waals surface area (Å²) in [7, 11) is 1.59. The van der Waals surface area contributed by atoms with Crippen LogP contribution in [-0.4, -0.2) is 42.3 Å². The van der Waals surface area contributed by atoms with Crippen molar-refractivity contribution in [1.82, 2.24) is 10.2 Å². The molecule has 1 aliphatic rings. The molecule has 1 saturated heterocycles. The molecule has 1 rings (SSSR count). The maximum absolute atomic E-state index is 10.9. The zero-order valence-corrected chi connectivity index (χ0v) is 6.00. The normalized spacial score (nSPS) is 25.0. The third-order valence-electron chi connectivity index (χ3n) is 1.66. The van der Waals surface area contributed by atoms with Crippen molar-refractivity contribution >= 4 is 6.03 Å². The molecular formula is C6H12N2O2. The van der Waals surface area contributed by atoms with Gasteiger partial charge in [0.1, 0.15) is 0 Å². The lowest BCUT2D eigenvalue weighted by atomic mass is 10.3. The predicted molar refractivity (Wildman–Crippen MR) is 36.7 cm³/mol. The Kier molecular flexibility index (Phi) is 2.11. The van der Waals surface area contributed by atoms with Crippen molar-refractivity contribution in [1.29, 1.82) is 0 Å². The molecule has 0 aromatic heterocycles. The van der Waals surface area contributed by atoms with Crippen molar-refractivity contribution in [2.75, 3.05) is 20.1 Å². The molecule has 0 bridgehead atoms. The highest BCUT2D eigenvalue weighted by molar-refractivity contribution is 5.74. The van der Waals surface area contributed by atoms with Crippen LogP contribution in [0.1, 0.15) is 6.42 Å². The van der Waals surface area contributed by atoms with E-state index in [0.29, 0.717) is 19.5 Å². The molecule has 1 atom stereocenters. The molecule has 1 heterocycles. The van der Waals surface area contributed by atoms with E-state index in [-0.39, 0.29) is 12.1 Å². The molecule has 2 amide bonds. The molecule has 1 fully saturated rings. The van der Waals surface area contributed by atoms with Crippen molar-refractivity contribution in [2.24, 2.45) is 0 Å². The molecule has 4 nitrogen and oxygen atoms in total. The van der Waals surface area contributed by atoms with Crippen molar-refractivity contribution in [2.45, 2.75) is 12.5 Å². The predicted octanol–water partition coefficient (Wildman–Crippen LogP) is -0.608. The molecule has 0 spiro atoms. The van der Waals surface area contributed by atoms with Crippen molar-refractivity contribution in [3.05, 3.63) is 0 Å². The Balaban J connectivity index is 2.37. The molecule has 0 saturated carbocycles. The van der Waals surface area contributed by atoms with Gasteiger partial charge in [-0.25, -0.2) is 4.79 Å². The molecule has 0 unspecified atom stereocenters. The Morgan fingerprint density at radius 3 is 2.90 bits per heavy atom. The van der Waals surface area contributed by atoms with E-state index >= 15 is 0 Å². The fourth-order valence-electron chi connectivity index (χ4n) is 1.08. The van der Waals surface area contributed by atoms with Crippen molar-refractivity contribution in [3.8, 4) is 0 Å². The van der Waals surface area contributed by atoms with E-state index in [1.54, 1.807) is 11.9 Å². The minimum absolute atomic E-state index is 0.100. The van der Waals surface area contributed by atoms with Gasteiger partial charge in [0.2, 0.25) is 0 Å². The number of aliphatic hydroxyl groups is 1. The summed E-state index contributed by atoms with van der Waals surface area (Å²) < 4.78 is 0. The Morgan fingerprint density at radius 1 is 1.80 bits per heavy atom. The van der Waals surface area contributed by atoms with Crippen LogP contribution in [0.2, 0.25) is 0 Å². The van der Waals surface area contributed by atoms with Gasteiger partial charge in [-0.15, -0.1) is 0 Å². The Morgan fingerprint density at radius 2 is 2.50 bits per heavy atom. The highest BCUT2D eigenvalue weighted by Gasteiger charge is 2.23. The number of rotatable bonds is 0. The molecular weight excluding hydrogens is 132 g/mol. The highest BCUT2D eigenvalue weighted by Crippen LogP contribution is 2.07. The highest BCUT2D eigenvalue weighted by atomic mass is 16.3. The monoisotopic (exact) mass is 144 g/mol. The molecule has 0 aromatic carbocycles. The lowest BCUT2D eigenvalue weighted by Crippen LogP contribution is -2.36. The number of carbonyl (C=O) groups excluding carboxylic acids is 1. The van der Waals surface area contributed by atoms with Gasteiger partial charge in [0.25, 0.3) is 0 Å². The lowest BCUT2D eigenvalue weighted by Gasteiger charge is -2.13. The summed E-state index contributed by atoms with van der Waals surface area (Å²) in [6, 6.07) is -0.100. The van der Waals surface area contributed by atoms with Crippen LogP contribution < -0.4 is 5.32 Å². The average molecular weight is 144 g/mol. The van der Waals surface area contributed by atoms with Crippen molar-refractivity contribution < 1.29 is 9.90 Å². The fourth-order valence-corrected chi connectivity index (χ4v) is 1.08. The topological polar surface area (TPSA) is 52.6 Å². The van der Waals surface area contributed by atoms with Crippen LogP contribution in [0.15, 0.2) is 0 Å². The van der Waals surface area contributed by atoms with Gasteiger partial charge in [0, 0.05) is 20.1 Å². The van der Waals surface area contributed by atoms with Crippen LogP contribution in [0, 0.1) is 0 Å². The minimum Gasteiger partial charge on any atom is -0.391 e. The Labute approximate surface area is 59.8 Å². The molecule has 1 aliphatic heterocycles. The van der Waals surface area contributed by atoms with E-state index in [1.165, 1.54) is 0 Å². The quantitative estimate of drug-likeness (QED) is 0.476. The molecule has 10 heavy (non-hydrogen) atoms. The summed E-state index contributed by atoms with van der Waals surface area (Å²) in [5.74, 6) is 0. The fraction of sp³-hybridized carbons (Fsp3) is 0.833. The van der Waals surface area contributed by atoms with E-state index < -0.39 is 0 Å². The Bertz CT molecular complexity index is 138. The number of nitrogens with one attached hydrogen (secondary N) is 1. The van der Waals surface area contributed by atoms with E-state index in [1.807, 2.05) is 0 Å².